The van der Waals surface area contributed by atoms with Gasteiger partial charge in [0.05, 0.1) is 12.0 Å². The highest BCUT2D eigenvalue weighted by molar-refractivity contribution is 8.00. The molecule has 2 heterocycles. The van der Waals surface area contributed by atoms with Gasteiger partial charge in [-0.3, -0.25) is 4.79 Å². The van der Waals surface area contributed by atoms with E-state index in [1.807, 2.05) is 13.8 Å². The van der Waals surface area contributed by atoms with Gasteiger partial charge in [-0.25, -0.2) is 9.97 Å². The third-order valence-corrected chi connectivity index (χ3v) is 5.73. The van der Waals surface area contributed by atoms with Gasteiger partial charge in [0, 0.05) is 10.9 Å². The summed E-state index contributed by atoms with van der Waals surface area (Å²) in [6.07, 6.45) is 2.38. The zero-order valence-electron chi connectivity index (χ0n) is 14.5. The first kappa shape index (κ1) is 17.9. The molecule has 1 atom stereocenters. The van der Waals surface area contributed by atoms with Crippen molar-refractivity contribution in [1.29, 1.82) is 0 Å². The standard InChI is InChI=1S/C19H20N2O2S2/c1-4-9-23-19(22)13(3)25-18-16-15(10-24-17(16)20-11-21-18)14-7-5-12(2)6-8-14/h5-8,10-11,13H,4,9H2,1-3H3/t13-/m1/s1. The molecular formula is C19H20N2O2S2. The number of hydrogen-bond donors (Lipinski definition) is 0. The first-order chi connectivity index (χ1) is 12.1. The van der Waals surface area contributed by atoms with Gasteiger partial charge < -0.3 is 4.74 Å². The zero-order valence-corrected chi connectivity index (χ0v) is 16.1. The van der Waals surface area contributed by atoms with E-state index in [2.05, 4.69) is 46.5 Å². The molecule has 0 bridgehead atoms. The second kappa shape index (κ2) is 7.97. The Morgan fingerprint density at radius 2 is 2.04 bits per heavy atom. The molecule has 0 saturated carbocycles. The maximum Gasteiger partial charge on any atom is 0.319 e. The fraction of sp³-hybridized carbons (Fsp3) is 0.316. The third-order valence-electron chi connectivity index (χ3n) is 3.77. The molecule has 3 rings (SSSR count). The Balaban J connectivity index is 1.94. The number of aromatic nitrogens is 2. The largest absolute Gasteiger partial charge is 0.465 e. The average Bonchev–Trinajstić information content (AvgIpc) is 3.05. The van der Waals surface area contributed by atoms with Crippen molar-refractivity contribution in [2.45, 2.75) is 37.5 Å². The van der Waals surface area contributed by atoms with Crippen molar-refractivity contribution in [2.24, 2.45) is 0 Å². The molecule has 3 aromatic rings. The van der Waals surface area contributed by atoms with Gasteiger partial charge in [0.25, 0.3) is 0 Å². The second-order valence-corrected chi connectivity index (χ2v) is 7.99. The van der Waals surface area contributed by atoms with Crippen molar-refractivity contribution in [3.05, 3.63) is 41.5 Å². The number of hydrogen-bond acceptors (Lipinski definition) is 6. The molecular weight excluding hydrogens is 352 g/mol. The van der Waals surface area contributed by atoms with Crippen LogP contribution in [0.2, 0.25) is 0 Å². The topological polar surface area (TPSA) is 52.1 Å². The maximum atomic E-state index is 12.1. The Hall–Kier alpha value is -1.92. The van der Waals surface area contributed by atoms with E-state index in [1.165, 1.54) is 17.3 Å². The Morgan fingerprint density at radius 1 is 1.28 bits per heavy atom. The smallest absolute Gasteiger partial charge is 0.319 e. The number of rotatable bonds is 6. The molecule has 1 aromatic carbocycles. The van der Waals surface area contributed by atoms with Gasteiger partial charge >= 0.3 is 5.97 Å². The lowest BCUT2D eigenvalue weighted by Gasteiger charge is -2.11. The van der Waals surface area contributed by atoms with Crippen LogP contribution in [0.3, 0.4) is 0 Å². The van der Waals surface area contributed by atoms with Crippen LogP contribution in [-0.2, 0) is 9.53 Å². The number of aryl methyl sites for hydroxylation is 1. The van der Waals surface area contributed by atoms with Gasteiger partial charge in [0.1, 0.15) is 21.4 Å². The normalized spacial score (nSPS) is 12.3. The summed E-state index contributed by atoms with van der Waals surface area (Å²) in [7, 11) is 0. The molecule has 0 unspecified atom stereocenters. The fourth-order valence-corrected chi connectivity index (χ4v) is 4.33. The van der Waals surface area contributed by atoms with E-state index >= 15 is 0 Å². The number of fused-ring (bicyclic) bond motifs is 1. The van der Waals surface area contributed by atoms with Crippen LogP contribution in [0, 0.1) is 6.92 Å². The lowest BCUT2D eigenvalue weighted by atomic mass is 10.1. The minimum atomic E-state index is -0.310. The summed E-state index contributed by atoms with van der Waals surface area (Å²) in [4.78, 5) is 21.8. The molecule has 130 valence electrons. The van der Waals surface area contributed by atoms with Gasteiger partial charge in [0.2, 0.25) is 0 Å². The van der Waals surface area contributed by atoms with Crippen LogP contribution in [0.4, 0.5) is 0 Å². The first-order valence-corrected chi connectivity index (χ1v) is 9.98. The quantitative estimate of drug-likeness (QED) is 0.342. The average molecular weight is 373 g/mol. The van der Waals surface area contributed by atoms with E-state index in [-0.39, 0.29) is 11.2 Å². The first-order valence-electron chi connectivity index (χ1n) is 8.22. The van der Waals surface area contributed by atoms with Crippen LogP contribution in [0.1, 0.15) is 25.8 Å². The van der Waals surface area contributed by atoms with Crippen LogP contribution in [0.5, 0.6) is 0 Å². The SMILES string of the molecule is CCCOC(=O)[C@@H](C)Sc1ncnc2scc(-c3ccc(C)cc3)c12. The highest BCUT2D eigenvalue weighted by Gasteiger charge is 2.20. The summed E-state index contributed by atoms with van der Waals surface area (Å²) in [5, 5.41) is 3.63. The molecule has 0 N–H and O–H groups in total. The Kier molecular flexibility index (Phi) is 5.71. The van der Waals surface area contributed by atoms with Gasteiger partial charge in [-0.05, 0) is 25.8 Å². The van der Waals surface area contributed by atoms with Gasteiger partial charge in [-0.15, -0.1) is 11.3 Å². The molecule has 0 aliphatic rings. The lowest BCUT2D eigenvalue weighted by molar-refractivity contribution is -0.142. The molecule has 0 aliphatic heterocycles. The molecule has 0 radical (unpaired) electrons. The minimum Gasteiger partial charge on any atom is -0.465 e. The van der Waals surface area contributed by atoms with Crippen molar-refractivity contribution in [1.82, 2.24) is 9.97 Å². The van der Waals surface area contributed by atoms with Gasteiger partial charge in [0.15, 0.2) is 0 Å². The molecule has 6 heteroatoms. The predicted molar refractivity (Wildman–Crippen MR) is 104 cm³/mol. The van der Waals surface area contributed by atoms with Crippen molar-refractivity contribution in [3.63, 3.8) is 0 Å². The van der Waals surface area contributed by atoms with Gasteiger partial charge in [-0.1, -0.05) is 48.5 Å². The summed E-state index contributed by atoms with van der Waals surface area (Å²) in [5.74, 6) is -0.203. The third kappa shape index (κ3) is 4.02. The van der Waals surface area contributed by atoms with E-state index in [4.69, 9.17) is 4.74 Å². The van der Waals surface area contributed by atoms with Crippen LogP contribution in [0.25, 0.3) is 21.3 Å². The zero-order chi connectivity index (χ0) is 17.8. The van der Waals surface area contributed by atoms with Crippen molar-refractivity contribution in [2.75, 3.05) is 6.61 Å². The van der Waals surface area contributed by atoms with Crippen LogP contribution in [-0.4, -0.2) is 27.8 Å². The number of carbonyl (C=O) groups excluding carboxylic acids is 1. The van der Waals surface area contributed by atoms with Crippen LogP contribution < -0.4 is 0 Å². The summed E-state index contributed by atoms with van der Waals surface area (Å²) in [5.41, 5.74) is 3.47. The van der Waals surface area contributed by atoms with Crippen LogP contribution >= 0.6 is 23.1 Å². The van der Waals surface area contributed by atoms with Crippen LogP contribution in [0.15, 0.2) is 41.0 Å². The minimum absolute atomic E-state index is 0.203. The summed E-state index contributed by atoms with van der Waals surface area (Å²) >= 11 is 3.03. The Bertz CT molecular complexity index is 875. The van der Waals surface area contributed by atoms with Gasteiger partial charge in [-0.2, -0.15) is 0 Å². The molecule has 2 aromatic heterocycles. The van der Waals surface area contributed by atoms with E-state index in [9.17, 15) is 4.79 Å². The molecule has 25 heavy (non-hydrogen) atoms. The molecule has 0 fully saturated rings. The number of nitrogens with zero attached hydrogens (tertiary/aromatic N) is 2. The number of ether oxygens (including phenoxy) is 1. The fourth-order valence-electron chi connectivity index (χ4n) is 2.42. The number of thiophene rings is 1. The number of thioether (sulfide) groups is 1. The summed E-state index contributed by atoms with van der Waals surface area (Å²) in [6, 6.07) is 8.41. The van der Waals surface area contributed by atoms with Crippen molar-refractivity contribution in [3.8, 4) is 11.1 Å². The molecule has 0 saturated heterocycles. The Morgan fingerprint density at radius 3 is 2.76 bits per heavy atom. The van der Waals surface area contributed by atoms with E-state index in [0.717, 1.165) is 32.8 Å². The predicted octanol–water partition coefficient (Wildman–Crippen LogP) is 5.10. The summed E-state index contributed by atoms with van der Waals surface area (Å²) in [6.45, 7) is 6.37. The lowest BCUT2D eigenvalue weighted by Crippen LogP contribution is -2.17. The highest BCUT2D eigenvalue weighted by Crippen LogP contribution is 2.39. The number of esters is 1. The molecule has 0 amide bonds. The highest BCUT2D eigenvalue weighted by atomic mass is 32.2. The van der Waals surface area contributed by atoms with E-state index in [0.29, 0.717) is 6.61 Å². The van der Waals surface area contributed by atoms with Crippen molar-refractivity contribution >= 4 is 39.3 Å². The number of benzene rings is 1. The van der Waals surface area contributed by atoms with Crippen molar-refractivity contribution < 1.29 is 9.53 Å². The Labute approximate surface area is 155 Å². The monoisotopic (exact) mass is 372 g/mol. The molecule has 4 nitrogen and oxygen atoms in total. The summed E-state index contributed by atoms with van der Waals surface area (Å²) < 4.78 is 5.25. The molecule has 0 aliphatic carbocycles. The van der Waals surface area contributed by atoms with E-state index < -0.39 is 0 Å². The van der Waals surface area contributed by atoms with E-state index in [1.54, 1.807) is 17.7 Å². The number of carbonyl (C=O) groups is 1. The maximum absolute atomic E-state index is 12.1. The molecule has 0 spiro atoms. The second-order valence-electron chi connectivity index (χ2n) is 5.80.